The number of aryl methyl sites for hydroxylation is 1. The molecule has 1 saturated carbocycles. The maximum Gasteiger partial charge on any atom is 0.407 e. The molecule has 3 aliphatic rings. The molecule has 2 aliphatic heterocycles. The lowest BCUT2D eigenvalue weighted by atomic mass is 9.68. The first kappa shape index (κ1) is 19.9. The van der Waals surface area contributed by atoms with E-state index < -0.39 is 18.6 Å². The highest BCUT2D eigenvalue weighted by molar-refractivity contribution is 5.81. The van der Waals surface area contributed by atoms with Crippen molar-refractivity contribution in [1.29, 1.82) is 0 Å². The molecule has 1 spiro atoms. The van der Waals surface area contributed by atoms with Crippen LogP contribution in [0.2, 0.25) is 0 Å². The minimum Gasteiger partial charge on any atom is -0.490 e. The van der Waals surface area contributed by atoms with E-state index >= 15 is 0 Å². The van der Waals surface area contributed by atoms with E-state index in [1.54, 1.807) is 12.1 Å². The van der Waals surface area contributed by atoms with Gasteiger partial charge in [-0.1, -0.05) is 6.07 Å². The Kier molecular flexibility index (Phi) is 5.61. The highest BCUT2D eigenvalue weighted by Gasteiger charge is 2.53. The number of hydrogen-bond acceptors (Lipinski definition) is 4. The second-order valence-corrected chi connectivity index (χ2v) is 8.37. The van der Waals surface area contributed by atoms with Crippen molar-refractivity contribution >= 4 is 12.0 Å². The number of hydrogen-bond donors (Lipinski definition) is 1. The summed E-state index contributed by atoms with van der Waals surface area (Å²) in [5, 5.41) is 2.81. The minimum atomic E-state index is -0.513. The van der Waals surface area contributed by atoms with Gasteiger partial charge >= 0.3 is 6.09 Å². The van der Waals surface area contributed by atoms with Crippen LogP contribution in [0.15, 0.2) is 18.2 Å². The molecule has 4 rings (SSSR count). The third kappa shape index (κ3) is 4.31. The SMILES string of the molecule is O=C1N[C@]2(CO1)C[C@@H](C(=O)N1CCC(COc3ccc(CCF)cc3F)CC1)C2. The molecule has 2 amide bonds. The Labute approximate surface area is 168 Å². The number of cyclic esters (lactones) is 1. The molecule has 158 valence electrons. The lowest BCUT2D eigenvalue weighted by Gasteiger charge is -2.44. The standard InChI is InChI=1S/C21H26F2N2O4/c22-6-3-14-1-2-18(17(23)9-14)28-12-15-4-7-25(8-5-15)19(26)16-10-21(11-16)13-29-20(27)24-21/h1-2,9,15-16H,3-8,10-13H2,(H,24,27)/t16-,21-. The number of likely N-dealkylation sites (tertiary alicyclic amines) is 1. The van der Waals surface area contributed by atoms with Gasteiger partial charge in [-0.25, -0.2) is 9.18 Å². The van der Waals surface area contributed by atoms with Gasteiger partial charge in [-0.2, -0.15) is 0 Å². The van der Waals surface area contributed by atoms with Crippen molar-refractivity contribution in [3.8, 4) is 5.75 Å². The molecule has 2 heterocycles. The average molecular weight is 408 g/mol. The second-order valence-electron chi connectivity index (χ2n) is 8.37. The summed E-state index contributed by atoms with van der Waals surface area (Å²) < 4.78 is 37.0. The van der Waals surface area contributed by atoms with Crippen LogP contribution in [0.1, 0.15) is 31.2 Å². The Morgan fingerprint density at radius 2 is 2.07 bits per heavy atom. The van der Waals surface area contributed by atoms with Crippen molar-refractivity contribution < 1.29 is 27.8 Å². The fourth-order valence-corrected chi connectivity index (χ4v) is 4.48. The zero-order chi connectivity index (χ0) is 20.4. The van der Waals surface area contributed by atoms with Gasteiger partial charge in [0.05, 0.1) is 18.8 Å². The predicted octanol–water partition coefficient (Wildman–Crippen LogP) is 2.84. The van der Waals surface area contributed by atoms with E-state index in [-0.39, 0.29) is 35.5 Å². The quantitative estimate of drug-likeness (QED) is 0.786. The van der Waals surface area contributed by atoms with Crippen LogP contribution in [-0.2, 0) is 16.0 Å². The molecule has 1 N–H and O–H groups in total. The highest BCUT2D eigenvalue weighted by atomic mass is 19.1. The normalized spacial score (nSPS) is 26.8. The summed E-state index contributed by atoms with van der Waals surface area (Å²) in [6, 6.07) is 4.55. The van der Waals surface area contributed by atoms with Crippen LogP contribution < -0.4 is 10.1 Å². The Morgan fingerprint density at radius 3 is 2.69 bits per heavy atom. The third-order valence-electron chi connectivity index (χ3n) is 6.25. The smallest absolute Gasteiger partial charge is 0.407 e. The summed E-state index contributed by atoms with van der Waals surface area (Å²) in [6.07, 6.45) is 2.70. The molecule has 6 nitrogen and oxygen atoms in total. The van der Waals surface area contributed by atoms with Crippen LogP contribution in [0.5, 0.6) is 5.75 Å². The van der Waals surface area contributed by atoms with Gasteiger partial charge in [0, 0.05) is 25.4 Å². The van der Waals surface area contributed by atoms with E-state index in [4.69, 9.17) is 9.47 Å². The van der Waals surface area contributed by atoms with Crippen LogP contribution in [-0.4, -0.2) is 55.4 Å². The van der Waals surface area contributed by atoms with Gasteiger partial charge in [-0.05, 0) is 49.3 Å². The largest absolute Gasteiger partial charge is 0.490 e. The van der Waals surface area contributed by atoms with E-state index in [0.717, 1.165) is 12.8 Å². The minimum absolute atomic E-state index is 0.0540. The van der Waals surface area contributed by atoms with Crippen molar-refractivity contribution in [2.75, 3.05) is 33.0 Å². The number of carbonyl (C=O) groups is 2. The molecule has 2 saturated heterocycles. The molecular formula is C21H26F2N2O4. The van der Waals surface area contributed by atoms with Gasteiger partial charge in [-0.15, -0.1) is 0 Å². The number of benzene rings is 1. The van der Waals surface area contributed by atoms with Crippen LogP contribution in [0.4, 0.5) is 13.6 Å². The Balaban J connectivity index is 1.20. The van der Waals surface area contributed by atoms with Crippen molar-refractivity contribution in [2.45, 2.75) is 37.6 Å². The lowest BCUT2D eigenvalue weighted by Crippen LogP contribution is -2.58. The number of piperidine rings is 1. The molecule has 0 aromatic heterocycles. The van der Waals surface area contributed by atoms with Crippen LogP contribution >= 0.6 is 0 Å². The van der Waals surface area contributed by atoms with Crippen molar-refractivity contribution in [1.82, 2.24) is 10.2 Å². The molecule has 1 aromatic carbocycles. The van der Waals surface area contributed by atoms with E-state index in [1.165, 1.54) is 6.07 Å². The third-order valence-corrected chi connectivity index (χ3v) is 6.25. The molecule has 29 heavy (non-hydrogen) atoms. The highest BCUT2D eigenvalue weighted by Crippen LogP contribution is 2.41. The summed E-state index contributed by atoms with van der Waals surface area (Å²) in [5.74, 6) is 0.0729. The van der Waals surface area contributed by atoms with Crippen molar-refractivity contribution in [3.05, 3.63) is 29.6 Å². The molecular weight excluding hydrogens is 382 g/mol. The maximum atomic E-state index is 14.0. The zero-order valence-corrected chi connectivity index (χ0v) is 16.3. The van der Waals surface area contributed by atoms with E-state index in [9.17, 15) is 18.4 Å². The van der Waals surface area contributed by atoms with Gasteiger partial charge in [0.2, 0.25) is 5.91 Å². The topological polar surface area (TPSA) is 67.9 Å². The molecule has 8 heteroatoms. The number of rotatable bonds is 6. The molecule has 0 bridgehead atoms. The average Bonchev–Trinajstić information content (AvgIpc) is 3.09. The van der Waals surface area contributed by atoms with Gasteiger partial charge < -0.3 is 19.7 Å². The number of carbonyl (C=O) groups excluding carboxylic acids is 2. The Hall–Kier alpha value is -2.38. The summed E-state index contributed by atoms with van der Waals surface area (Å²) in [7, 11) is 0. The zero-order valence-electron chi connectivity index (χ0n) is 16.3. The molecule has 0 unspecified atom stereocenters. The summed E-state index contributed by atoms with van der Waals surface area (Å²) >= 11 is 0. The number of nitrogens with zero attached hydrogens (tertiary/aromatic N) is 1. The molecule has 3 fully saturated rings. The van der Waals surface area contributed by atoms with Gasteiger partial charge in [0.1, 0.15) is 6.61 Å². The second kappa shape index (κ2) is 8.16. The van der Waals surface area contributed by atoms with Crippen molar-refractivity contribution in [3.63, 3.8) is 0 Å². The summed E-state index contributed by atoms with van der Waals surface area (Å²) in [6.45, 7) is 1.56. The van der Waals surface area contributed by atoms with E-state index in [1.807, 2.05) is 4.90 Å². The van der Waals surface area contributed by atoms with Crippen LogP contribution in [0.25, 0.3) is 0 Å². The molecule has 0 radical (unpaired) electrons. The monoisotopic (exact) mass is 408 g/mol. The molecule has 1 aromatic rings. The summed E-state index contributed by atoms with van der Waals surface area (Å²) in [4.78, 5) is 25.8. The Bertz CT molecular complexity index is 774. The number of ether oxygens (including phenoxy) is 2. The predicted molar refractivity (Wildman–Crippen MR) is 101 cm³/mol. The molecule has 1 aliphatic carbocycles. The number of halogens is 2. The number of amides is 2. The Morgan fingerprint density at radius 1 is 1.31 bits per heavy atom. The first-order valence-electron chi connectivity index (χ1n) is 10.2. The summed E-state index contributed by atoms with van der Waals surface area (Å²) in [5.41, 5.74) is 0.276. The van der Waals surface area contributed by atoms with E-state index in [2.05, 4.69) is 5.32 Å². The van der Waals surface area contributed by atoms with Crippen LogP contribution in [0.3, 0.4) is 0 Å². The lowest BCUT2D eigenvalue weighted by molar-refractivity contribution is -0.142. The van der Waals surface area contributed by atoms with Crippen molar-refractivity contribution in [2.24, 2.45) is 11.8 Å². The first-order chi connectivity index (χ1) is 14.0. The molecule has 0 atom stereocenters. The number of nitrogens with one attached hydrogen (secondary N) is 1. The van der Waals surface area contributed by atoms with Gasteiger partial charge in [0.15, 0.2) is 11.6 Å². The van der Waals surface area contributed by atoms with Gasteiger partial charge in [-0.3, -0.25) is 9.18 Å². The van der Waals surface area contributed by atoms with Crippen LogP contribution in [0, 0.1) is 17.7 Å². The first-order valence-corrected chi connectivity index (χ1v) is 10.2. The fraction of sp³-hybridized carbons (Fsp3) is 0.619. The fourth-order valence-electron chi connectivity index (χ4n) is 4.48. The number of alkyl carbamates (subject to hydrolysis) is 1. The van der Waals surface area contributed by atoms with E-state index in [0.29, 0.717) is 44.7 Å². The van der Waals surface area contributed by atoms with Gasteiger partial charge in [0.25, 0.3) is 0 Å². The number of alkyl halides is 1. The maximum absolute atomic E-state index is 14.0.